The van der Waals surface area contributed by atoms with Crippen LogP contribution in [0.1, 0.15) is 13.3 Å². The zero-order chi connectivity index (χ0) is 12.3. The Hall–Kier alpha value is -1.87. The van der Waals surface area contributed by atoms with Crippen LogP contribution in [0.5, 0.6) is 0 Å². The lowest BCUT2D eigenvalue weighted by molar-refractivity contribution is -0.132. The summed E-state index contributed by atoms with van der Waals surface area (Å²) in [4.78, 5) is 11.9. The second-order valence-electron chi connectivity index (χ2n) is 3.13. The van der Waals surface area contributed by atoms with Gasteiger partial charge in [-0.15, -0.1) is 5.26 Å². The number of rotatable bonds is 2. The lowest BCUT2D eigenvalue weighted by atomic mass is 9.95. The molecule has 0 bridgehead atoms. The number of carbonyl (C=O) groups excluding carboxylic acids is 1. The Kier molecular flexibility index (Phi) is 3.64. The van der Waals surface area contributed by atoms with E-state index in [4.69, 9.17) is 28.0 Å². The molecule has 0 saturated carbocycles. The van der Waals surface area contributed by atoms with E-state index in [1.54, 1.807) is 6.92 Å². The van der Waals surface area contributed by atoms with Crippen molar-refractivity contribution in [1.82, 2.24) is 0 Å². The van der Waals surface area contributed by atoms with Crippen LogP contribution in [0.15, 0.2) is 22.6 Å². The van der Waals surface area contributed by atoms with Crippen molar-refractivity contribution in [3.8, 4) is 6.26 Å². The Morgan fingerprint density at radius 1 is 1.62 bits per heavy atom. The van der Waals surface area contributed by atoms with Crippen LogP contribution in [0, 0.1) is 11.5 Å². The highest BCUT2D eigenvalue weighted by molar-refractivity contribution is 7.80. The van der Waals surface area contributed by atoms with Gasteiger partial charge >= 0.3 is 5.97 Å². The summed E-state index contributed by atoms with van der Waals surface area (Å²) in [7, 11) is 1.42. The van der Waals surface area contributed by atoms with Gasteiger partial charge in [-0.25, -0.2) is 4.79 Å². The van der Waals surface area contributed by atoms with E-state index >= 15 is 0 Å². The van der Waals surface area contributed by atoms with Crippen molar-refractivity contribution >= 4 is 23.1 Å². The standard InChI is InChI=1S/C10H10N2O3S/c1-5-8(12)7(16)3-6(9(5)14-2)10(13)15-4-11/h3,12H2,1-2H3. The first-order chi connectivity index (χ1) is 7.52. The van der Waals surface area contributed by atoms with Gasteiger partial charge in [-0.05, 0) is 6.92 Å². The normalized spacial score (nSPS) is 15.9. The summed E-state index contributed by atoms with van der Waals surface area (Å²) < 4.78 is 9.33. The molecule has 0 saturated heterocycles. The molecule has 1 rings (SSSR count). The fourth-order valence-corrected chi connectivity index (χ4v) is 1.74. The van der Waals surface area contributed by atoms with Crippen LogP contribution in [0.3, 0.4) is 0 Å². The van der Waals surface area contributed by atoms with Crippen molar-refractivity contribution in [3.05, 3.63) is 22.6 Å². The van der Waals surface area contributed by atoms with Crippen LogP contribution in [0.2, 0.25) is 0 Å². The molecular weight excluding hydrogens is 228 g/mol. The zero-order valence-corrected chi connectivity index (χ0v) is 9.68. The van der Waals surface area contributed by atoms with Crippen LogP contribution >= 0.6 is 12.2 Å². The number of nitrogens with zero attached hydrogens (tertiary/aromatic N) is 1. The quantitative estimate of drug-likeness (QED) is 0.437. The predicted octanol–water partition coefficient (Wildman–Crippen LogP) is 0.917. The third-order valence-corrected chi connectivity index (χ3v) is 2.61. The van der Waals surface area contributed by atoms with Gasteiger partial charge in [0.25, 0.3) is 6.26 Å². The molecule has 1 aliphatic rings. The van der Waals surface area contributed by atoms with E-state index < -0.39 is 5.97 Å². The number of esters is 1. The van der Waals surface area contributed by atoms with Gasteiger partial charge in [0.05, 0.1) is 18.4 Å². The van der Waals surface area contributed by atoms with E-state index in [0.29, 0.717) is 21.9 Å². The van der Waals surface area contributed by atoms with Gasteiger partial charge in [-0.1, -0.05) is 12.2 Å². The molecule has 6 heteroatoms. The molecule has 0 amide bonds. The number of allylic oxidation sites excluding steroid dienone is 2. The first-order valence-corrected chi connectivity index (χ1v) is 4.81. The first kappa shape index (κ1) is 12.2. The first-order valence-electron chi connectivity index (χ1n) is 4.40. The van der Waals surface area contributed by atoms with Crippen molar-refractivity contribution in [2.45, 2.75) is 13.3 Å². The van der Waals surface area contributed by atoms with Gasteiger partial charge < -0.3 is 15.2 Å². The van der Waals surface area contributed by atoms with Crippen LogP contribution < -0.4 is 5.73 Å². The molecule has 0 aromatic heterocycles. The van der Waals surface area contributed by atoms with Crippen LogP contribution in [-0.2, 0) is 14.3 Å². The molecule has 5 nitrogen and oxygen atoms in total. The van der Waals surface area contributed by atoms with Crippen molar-refractivity contribution in [3.63, 3.8) is 0 Å². The van der Waals surface area contributed by atoms with Crippen molar-refractivity contribution in [1.29, 1.82) is 5.26 Å². The Morgan fingerprint density at radius 2 is 2.25 bits per heavy atom. The summed E-state index contributed by atoms with van der Waals surface area (Å²) >= 11 is 5.02. The molecule has 0 unspecified atom stereocenters. The third kappa shape index (κ3) is 2.04. The Labute approximate surface area is 98.1 Å². The molecular formula is C10H10N2O3S. The molecule has 0 aromatic carbocycles. The van der Waals surface area contributed by atoms with E-state index in [1.807, 2.05) is 0 Å². The van der Waals surface area contributed by atoms with Crippen molar-refractivity contribution < 1.29 is 14.3 Å². The smallest absolute Gasteiger partial charge is 0.353 e. The van der Waals surface area contributed by atoms with E-state index in [1.165, 1.54) is 13.4 Å². The minimum Gasteiger partial charge on any atom is -0.496 e. The van der Waals surface area contributed by atoms with E-state index in [2.05, 4.69) is 4.74 Å². The van der Waals surface area contributed by atoms with E-state index in [9.17, 15) is 4.79 Å². The fourth-order valence-electron chi connectivity index (χ4n) is 1.44. The summed E-state index contributed by atoms with van der Waals surface area (Å²) in [6, 6.07) is 0. The average Bonchev–Trinajstić information content (AvgIpc) is 2.26. The van der Waals surface area contributed by atoms with Crippen LogP contribution in [0.25, 0.3) is 0 Å². The number of ether oxygens (including phenoxy) is 2. The maximum atomic E-state index is 11.5. The minimum atomic E-state index is -0.756. The fraction of sp³-hybridized carbons (Fsp3) is 0.300. The van der Waals surface area contributed by atoms with Crippen molar-refractivity contribution in [2.24, 2.45) is 5.73 Å². The monoisotopic (exact) mass is 238 g/mol. The zero-order valence-electron chi connectivity index (χ0n) is 8.86. The van der Waals surface area contributed by atoms with Gasteiger partial charge in [-0.2, -0.15) is 0 Å². The van der Waals surface area contributed by atoms with Gasteiger partial charge in [0, 0.05) is 16.9 Å². The molecule has 0 heterocycles. The number of nitriles is 1. The summed E-state index contributed by atoms with van der Waals surface area (Å²) in [6.45, 7) is 1.69. The molecule has 0 aliphatic heterocycles. The molecule has 0 fully saturated rings. The predicted molar refractivity (Wildman–Crippen MR) is 59.8 cm³/mol. The number of hydrogen-bond donors (Lipinski definition) is 1. The number of hydrogen-bond acceptors (Lipinski definition) is 6. The lowest BCUT2D eigenvalue weighted by Crippen LogP contribution is -2.23. The topological polar surface area (TPSA) is 85.3 Å². The molecule has 0 atom stereocenters. The number of thiocarbonyl (C=S) groups is 1. The Bertz CT molecular complexity index is 457. The molecule has 2 N–H and O–H groups in total. The van der Waals surface area contributed by atoms with E-state index in [-0.39, 0.29) is 12.0 Å². The summed E-state index contributed by atoms with van der Waals surface area (Å²) in [6.07, 6.45) is 1.48. The molecule has 0 spiro atoms. The van der Waals surface area contributed by atoms with Gasteiger partial charge in [0.1, 0.15) is 5.76 Å². The average molecular weight is 238 g/mol. The third-order valence-electron chi connectivity index (χ3n) is 2.25. The highest BCUT2D eigenvalue weighted by Gasteiger charge is 2.27. The molecule has 84 valence electrons. The summed E-state index contributed by atoms with van der Waals surface area (Å²) in [5.74, 6) is -0.431. The van der Waals surface area contributed by atoms with Crippen LogP contribution in [-0.4, -0.2) is 17.9 Å². The maximum absolute atomic E-state index is 11.5. The summed E-state index contributed by atoms with van der Waals surface area (Å²) in [5, 5.41) is 8.28. The van der Waals surface area contributed by atoms with Crippen molar-refractivity contribution in [2.75, 3.05) is 7.11 Å². The van der Waals surface area contributed by atoms with E-state index in [0.717, 1.165) is 0 Å². The number of carbonyl (C=O) groups is 1. The highest BCUT2D eigenvalue weighted by Crippen LogP contribution is 2.27. The Morgan fingerprint density at radius 3 is 2.75 bits per heavy atom. The largest absolute Gasteiger partial charge is 0.496 e. The lowest BCUT2D eigenvalue weighted by Gasteiger charge is -2.20. The number of methoxy groups -OCH3 is 1. The number of nitrogens with two attached hydrogens (primary N) is 1. The van der Waals surface area contributed by atoms with Gasteiger partial charge in [-0.3, -0.25) is 0 Å². The molecule has 0 aromatic rings. The van der Waals surface area contributed by atoms with Gasteiger partial charge in [0.15, 0.2) is 0 Å². The second-order valence-corrected chi connectivity index (χ2v) is 3.62. The molecule has 1 aliphatic carbocycles. The maximum Gasteiger partial charge on any atom is 0.353 e. The Balaban J connectivity index is 3.24. The molecule has 16 heavy (non-hydrogen) atoms. The minimum absolute atomic E-state index is 0.155. The molecule has 0 radical (unpaired) electrons. The van der Waals surface area contributed by atoms with Gasteiger partial charge in [0.2, 0.25) is 0 Å². The highest BCUT2D eigenvalue weighted by atomic mass is 32.1. The second kappa shape index (κ2) is 4.77. The SMILES string of the molecule is COC1=C(C(=O)OC#N)CC(=S)C(N)=C1C. The van der Waals surface area contributed by atoms with Crippen LogP contribution in [0.4, 0.5) is 0 Å². The summed E-state index contributed by atoms with van der Waals surface area (Å²) in [5.41, 5.74) is 6.97.